The number of ether oxygens (including phenoxy) is 1. The van der Waals surface area contributed by atoms with E-state index in [9.17, 15) is 9.59 Å². The Balaban J connectivity index is 1.80. The molecule has 0 spiro atoms. The average molecular weight is 359 g/mol. The number of thiophene rings is 1. The number of methoxy groups -OCH3 is 1. The Labute approximate surface area is 151 Å². The molecule has 6 heteroatoms. The summed E-state index contributed by atoms with van der Waals surface area (Å²) in [5.74, 6) is -0.482. The Morgan fingerprint density at radius 2 is 1.88 bits per heavy atom. The van der Waals surface area contributed by atoms with Crippen LogP contribution in [0.3, 0.4) is 0 Å². The Morgan fingerprint density at radius 3 is 2.56 bits per heavy atom. The second-order valence-corrected chi connectivity index (χ2v) is 7.13. The molecule has 1 fully saturated rings. The summed E-state index contributed by atoms with van der Waals surface area (Å²) in [5, 5.41) is 5.38. The summed E-state index contributed by atoms with van der Waals surface area (Å²) in [6.07, 6.45) is 3.60. The zero-order chi connectivity index (χ0) is 17.6. The van der Waals surface area contributed by atoms with Crippen LogP contribution in [0.4, 0.5) is 5.00 Å². The lowest BCUT2D eigenvalue weighted by molar-refractivity contribution is -0.896. The van der Waals surface area contributed by atoms with Gasteiger partial charge in [0.15, 0.2) is 6.54 Å². The predicted octanol–water partition coefficient (Wildman–Crippen LogP) is 2.21. The molecule has 25 heavy (non-hydrogen) atoms. The summed E-state index contributed by atoms with van der Waals surface area (Å²) < 4.78 is 4.94. The Bertz CT molecular complexity index is 736. The van der Waals surface area contributed by atoms with Gasteiger partial charge >= 0.3 is 5.97 Å². The number of anilines is 1. The van der Waals surface area contributed by atoms with Gasteiger partial charge in [0.1, 0.15) is 10.6 Å². The third-order valence-electron chi connectivity index (χ3n) is 4.49. The van der Waals surface area contributed by atoms with Crippen molar-refractivity contribution in [2.75, 3.05) is 32.1 Å². The molecule has 132 valence electrons. The zero-order valence-corrected chi connectivity index (χ0v) is 15.2. The maximum absolute atomic E-state index is 12.4. The van der Waals surface area contributed by atoms with E-state index in [0.717, 1.165) is 24.2 Å². The van der Waals surface area contributed by atoms with Crippen LogP contribution >= 0.6 is 11.3 Å². The SMILES string of the molecule is COC(=O)c1c(-c2ccccc2)csc1NC(=O)C[NH+]1CCCCC1. The molecular weight excluding hydrogens is 336 g/mol. The van der Waals surface area contributed by atoms with Crippen molar-refractivity contribution in [2.45, 2.75) is 19.3 Å². The molecule has 1 aliphatic rings. The summed E-state index contributed by atoms with van der Waals surface area (Å²) in [7, 11) is 1.36. The van der Waals surface area contributed by atoms with E-state index >= 15 is 0 Å². The van der Waals surface area contributed by atoms with Gasteiger partial charge in [0.2, 0.25) is 0 Å². The molecule has 1 aliphatic heterocycles. The topological polar surface area (TPSA) is 59.8 Å². The Hall–Kier alpha value is -2.18. The van der Waals surface area contributed by atoms with Crippen molar-refractivity contribution in [3.63, 3.8) is 0 Å². The van der Waals surface area contributed by atoms with Crippen LogP contribution in [0.25, 0.3) is 11.1 Å². The smallest absolute Gasteiger partial charge is 0.341 e. The van der Waals surface area contributed by atoms with Crippen LogP contribution in [-0.4, -0.2) is 38.6 Å². The lowest BCUT2D eigenvalue weighted by Gasteiger charge is -2.22. The van der Waals surface area contributed by atoms with Crippen LogP contribution in [0.5, 0.6) is 0 Å². The Morgan fingerprint density at radius 1 is 1.16 bits per heavy atom. The molecule has 0 aliphatic carbocycles. The third-order valence-corrected chi connectivity index (χ3v) is 5.38. The fourth-order valence-corrected chi connectivity index (χ4v) is 4.18. The number of amides is 1. The van der Waals surface area contributed by atoms with E-state index < -0.39 is 5.97 Å². The van der Waals surface area contributed by atoms with Gasteiger partial charge in [-0.3, -0.25) is 4.79 Å². The summed E-state index contributed by atoms with van der Waals surface area (Å²) in [4.78, 5) is 26.0. The number of nitrogens with one attached hydrogen (secondary N) is 2. The molecule has 0 unspecified atom stereocenters. The van der Waals surface area contributed by atoms with E-state index in [-0.39, 0.29) is 5.91 Å². The molecular formula is C19H23N2O3S+. The van der Waals surface area contributed by atoms with Crippen LogP contribution in [0.15, 0.2) is 35.7 Å². The molecule has 2 heterocycles. The first-order valence-corrected chi connectivity index (χ1v) is 9.45. The summed E-state index contributed by atoms with van der Waals surface area (Å²) in [6.45, 7) is 2.52. The minimum absolute atomic E-state index is 0.0523. The maximum Gasteiger partial charge on any atom is 0.341 e. The third kappa shape index (κ3) is 4.27. The monoisotopic (exact) mass is 359 g/mol. The average Bonchev–Trinajstić information content (AvgIpc) is 3.06. The maximum atomic E-state index is 12.4. The number of quaternary nitrogens is 1. The lowest BCUT2D eigenvalue weighted by Crippen LogP contribution is -3.13. The van der Waals surface area contributed by atoms with Gasteiger partial charge in [-0.15, -0.1) is 11.3 Å². The first kappa shape index (κ1) is 17.6. The van der Waals surface area contributed by atoms with E-state index in [0.29, 0.717) is 17.1 Å². The number of esters is 1. The highest BCUT2D eigenvalue weighted by Crippen LogP contribution is 2.35. The van der Waals surface area contributed by atoms with Gasteiger partial charge < -0.3 is 15.0 Å². The van der Waals surface area contributed by atoms with Crippen molar-refractivity contribution in [3.05, 3.63) is 41.3 Å². The summed E-state index contributed by atoms with van der Waals surface area (Å²) in [5.41, 5.74) is 2.15. The number of rotatable bonds is 5. The quantitative estimate of drug-likeness (QED) is 0.805. The molecule has 2 N–H and O–H groups in total. The number of carbonyl (C=O) groups is 2. The molecule has 0 atom stereocenters. The van der Waals surface area contributed by atoms with Gasteiger partial charge in [-0.2, -0.15) is 0 Å². The van der Waals surface area contributed by atoms with Gasteiger partial charge in [0.05, 0.1) is 20.2 Å². The number of carbonyl (C=O) groups excluding carboxylic acids is 2. The molecule has 0 bridgehead atoms. The summed E-state index contributed by atoms with van der Waals surface area (Å²) >= 11 is 1.36. The van der Waals surface area contributed by atoms with E-state index in [2.05, 4.69) is 5.32 Å². The summed E-state index contributed by atoms with van der Waals surface area (Å²) in [6, 6.07) is 9.66. The van der Waals surface area contributed by atoms with Crippen molar-refractivity contribution < 1.29 is 19.2 Å². The van der Waals surface area contributed by atoms with Crippen LogP contribution < -0.4 is 10.2 Å². The first-order valence-electron chi connectivity index (χ1n) is 8.57. The number of benzene rings is 1. The van der Waals surface area contributed by atoms with Crippen LogP contribution in [0.1, 0.15) is 29.6 Å². The van der Waals surface area contributed by atoms with Crippen LogP contribution in [-0.2, 0) is 9.53 Å². The second kappa shape index (κ2) is 8.27. The van der Waals surface area contributed by atoms with E-state index in [4.69, 9.17) is 4.74 Å². The second-order valence-electron chi connectivity index (χ2n) is 6.25. The van der Waals surface area contributed by atoms with E-state index in [1.165, 1.54) is 42.6 Å². The fourth-order valence-electron chi connectivity index (χ4n) is 3.21. The van der Waals surface area contributed by atoms with Crippen molar-refractivity contribution in [1.82, 2.24) is 0 Å². The fraction of sp³-hybridized carbons (Fsp3) is 0.368. The number of hydrogen-bond donors (Lipinski definition) is 2. The van der Waals surface area contributed by atoms with E-state index in [1.807, 2.05) is 35.7 Å². The van der Waals surface area contributed by atoms with Gasteiger partial charge in [-0.1, -0.05) is 30.3 Å². The van der Waals surface area contributed by atoms with Gasteiger partial charge in [-0.05, 0) is 24.8 Å². The van der Waals surface area contributed by atoms with E-state index in [1.54, 1.807) is 0 Å². The normalized spacial score (nSPS) is 14.9. The van der Waals surface area contributed by atoms with Crippen molar-refractivity contribution in [1.29, 1.82) is 0 Å². The molecule has 1 aromatic carbocycles. The molecule has 3 rings (SSSR count). The van der Waals surface area contributed by atoms with Crippen LogP contribution in [0.2, 0.25) is 0 Å². The van der Waals surface area contributed by atoms with Crippen molar-refractivity contribution in [3.8, 4) is 11.1 Å². The molecule has 1 aromatic heterocycles. The van der Waals surface area contributed by atoms with Gasteiger partial charge in [0.25, 0.3) is 5.91 Å². The molecule has 2 aromatic rings. The predicted molar refractivity (Wildman–Crippen MR) is 99.1 cm³/mol. The number of likely N-dealkylation sites (tertiary alicyclic amines) is 1. The largest absolute Gasteiger partial charge is 0.465 e. The Kier molecular flexibility index (Phi) is 5.83. The minimum Gasteiger partial charge on any atom is -0.465 e. The highest BCUT2D eigenvalue weighted by Gasteiger charge is 2.24. The number of hydrogen-bond acceptors (Lipinski definition) is 4. The van der Waals surface area contributed by atoms with Crippen LogP contribution in [0, 0.1) is 0 Å². The van der Waals surface area contributed by atoms with Gasteiger partial charge in [0, 0.05) is 10.9 Å². The standard InChI is InChI=1S/C19H22N2O3S/c1-24-19(23)17-15(14-8-4-2-5-9-14)13-25-18(17)20-16(22)12-21-10-6-3-7-11-21/h2,4-5,8-9,13H,3,6-7,10-12H2,1H3,(H,20,22)/p+1. The molecule has 1 amide bonds. The minimum atomic E-state index is -0.430. The first-order chi connectivity index (χ1) is 12.2. The molecule has 0 radical (unpaired) electrons. The highest BCUT2D eigenvalue weighted by atomic mass is 32.1. The van der Waals surface area contributed by atoms with Crippen molar-refractivity contribution in [2.24, 2.45) is 0 Å². The molecule has 5 nitrogen and oxygen atoms in total. The van der Waals surface area contributed by atoms with Gasteiger partial charge in [-0.25, -0.2) is 4.79 Å². The lowest BCUT2D eigenvalue weighted by atomic mass is 10.0. The molecule has 1 saturated heterocycles. The molecule has 0 saturated carbocycles. The number of piperidine rings is 1. The zero-order valence-electron chi connectivity index (χ0n) is 14.3. The van der Waals surface area contributed by atoms with Crippen molar-refractivity contribution >= 4 is 28.2 Å². The highest BCUT2D eigenvalue weighted by molar-refractivity contribution is 7.15.